The van der Waals surface area contributed by atoms with Crippen molar-refractivity contribution in [3.63, 3.8) is 0 Å². The summed E-state index contributed by atoms with van der Waals surface area (Å²) in [6.07, 6.45) is 0. The number of hydrogen-bond donors (Lipinski definition) is 0. The van der Waals surface area contributed by atoms with Crippen LogP contribution < -0.4 is 14.8 Å². The predicted molar refractivity (Wildman–Crippen MR) is 153 cm³/mol. The summed E-state index contributed by atoms with van der Waals surface area (Å²) in [6, 6.07) is 9.25. The zero-order chi connectivity index (χ0) is 26.2. The van der Waals surface area contributed by atoms with Crippen LogP contribution in [0, 0.1) is 0 Å². The maximum absolute atomic E-state index is 6.12. The second kappa shape index (κ2) is 10.6. The van der Waals surface area contributed by atoms with E-state index in [1.807, 2.05) is 0 Å². The predicted octanol–water partition coefficient (Wildman–Crippen LogP) is 9.45. The van der Waals surface area contributed by atoms with Crippen molar-refractivity contribution in [1.29, 1.82) is 0 Å². The summed E-state index contributed by atoms with van der Waals surface area (Å²) in [4.78, 5) is 0. The second-order valence-electron chi connectivity index (χ2n) is 12.4. The van der Waals surface area contributed by atoms with Gasteiger partial charge in [-0.2, -0.15) is 0 Å². The molecule has 0 atom stereocenters. The van der Waals surface area contributed by atoms with Crippen LogP contribution in [0.4, 0.5) is 0 Å². The number of hydrogen-bond acceptors (Lipinski definition) is 2. The van der Waals surface area contributed by atoms with Gasteiger partial charge >= 0.3 is 0 Å². The van der Waals surface area contributed by atoms with Crippen molar-refractivity contribution in [2.24, 2.45) is 0 Å². The van der Waals surface area contributed by atoms with Gasteiger partial charge in [-0.1, -0.05) is 103 Å². The number of ether oxygens (including phenoxy) is 2. The minimum absolute atomic E-state index is 0.109. The lowest BCUT2D eigenvalue weighted by molar-refractivity contribution is 0.396. The van der Waals surface area contributed by atoms with Gasteiger partial charge in [0.25, 0.3) is 0 Å². The number of benzene rings is 2. The number of rotatable bonds is 7. The highest BCUT2D eigenvalue weighted by atomic mass is 31.1. The molecule has 0 N–H and O–H groups in total. The SMILES string of the molecule is COc1cc(OC)c(P(C(C)(C)C)C(C)(C)C)c(-c2c(C(C)C)cc(C(C)C)cc2C(C)C)c1. The summed E-state index contributed by atoms with van der Waals surface area (Å²) in [7, 11) is 2.96. The van der Waals surface area contributed by atoms with E-state index >= 15 is 0 Å². The van der Waals surface area contributed by atoms with Crippen LogP contribution in [0.1, 0.15) is 118 Å². The molecule has 0 saturated carbocycles. The third-order valence-electron chi connectivity index (χ3n) is 6.47. The molecule has 0 heterocycles. The zero-order valence-corrected chi connectivity index (χ0v) is 25.2. The molecule has 0 unspecified atom stereocenters. The Morgan fingerprint density at radius 2 is 1.12 bits per heavy atom. The summed E-state index contributed by atoms with van der Waals surface area (Å²) >= 11 is 0. The molecule has 0 radical (unpaired) electrons. The van der Waals surface area contributed by atoms with Crippen molar-refractivity contribution >= 4 is 13.2 Å². The van der Waals surface area contributed by atoms with E-state index in [1.54, 1.807) is 14.2 Å². The molecule has 0 fully saturated rings. The molecule has 0 spiro atoms. The van der Waals surface area contributed by atoms with Gasteiger partial charge in [0.2, 0.25) is 0 Å². The van der Waals surface area contributed by atoms with Crippen molar-refractivity contribution < 1.29 is 9.47 Å². The fourth-order valence-corrected chi connectivity index (χ4v) is 9.37. The van der Waals surface area contributed by atoms with E-state index in [0.29, 0.717) is 17.8 Å². The molecular weight excluding hydrogens is 435 g/mol. The topological polar surface area (TPSA) is 18.5 Å². The van der Waals surface area contributed by atoms with Gasteiger partial charge < -0.3 is 9.47 Å². The molecule has 0 amide bonds. The van der Waals surface area contributed by atoms with E-state index in [4.69, 9.17) is 9.47 Å². The van der Waals surface area contributed by atoms with Crippen molar-refractivity contribution in [2.75, 3.05) is 14.2 Å². The highest BCUT2D eigenvalue weighted by Gasteiger charge is 2.40. The highest BCUT2D eigenvalue weighted by Crippen LogP contribution is 2.61. The fraction of sp³-hybridized carbons (Fsp3) is 0.613. The lowest BCUT2D eigenvalue weighted by Gasteiger charge is -2.43. The Labute approximate surface area is 211 Å². The van der Waals surface area contributed by atoms with Gasteiger partial charge in [-0.3, -0.25) is 0 Å². The molecule has 0 bridgehead atoms. The molecule has 0 aliphatic heterocycles. The summed E-state index contributed by atoms with van der Waals surface area (Å²) in [6.45, 7) is 28.2. The van der Waals surface area contributed by atoms with Gasteiger partial charge in [0, 0.05) is 11.4 Å². The Morgan fingerprint density at radius 1 is 0.647 bits per heavy atom. The van der Waals surface area contributed by atoms with E-state index in [1.165, 1.54) is 33.1 Å². The molecule has 3 heteroatoms. The summed E-state index contributed by atoms with van der Waals surface area (Å²) in [5, 5.41) is 1.58. The van der Waals surface area contributed by atoms with Crippen LogP contribution in [0.2, 0.25) is 0 Å². The van der Waals surface area contributed by atoms with Crippen LogP contribution in [0.3, 0.4) is 0 Å². The van der Waals surface area contributed by atoms with Crippen molar-refractivity contribution in [3.8, 4) is 22.6 Å². The average molecular weight is 485 g/mol. The third kappa shape index (κ3) is 5.99. The van der Waals surface area contributed by atoms with Crippen molar-refractivity contribution in [2.45, 2.75) is 111 Å². The Hall–Kier alpha value is -1.53. The molecule has 2 nitrogen and oxygen atoms in total. The second-order valence-corrected chi connectivity index (χ2v) is 16.2. The Morgan fingerprint density at radius 3 is 1.44 bits per heavy atom. The first kappa shape index (κ1) is 28.7. The van der Waals surface area contributed by atoms with Crippen LogP contribution >= 0.6 is 7.92 Å². The minimum Gasteiger partial charge on any atom is -0.497 e. The zero-order valence-electron chi connectivity index (χ0n) is 24.3. The lowest BCUT2D eigenvalue weighted by atomic mass is 9.81. The molecular formula is C31H49O2P. The minimum atomic E-state index is -0.590. The first-order valence-electron chi connectivity index (χ1n) is 12.8. The largest absolute Gasteiger partial charge is 0.497 e. The molecule has 0 saturated heterocycles. The van der Waals surface area contributed by atoms with E-state index in [0.717, 1.165) is 11.5 Å². The highest BCUT2D eigenvalue weighted by molar-refractivity contribution is 7.69. The normalized spacial score (nSPS) is 12.9. The van der Waals surface area contributed by atoms with Crippen LogP contribution in [0.5, 0.6) is 11.5 Å². The number of methoxy groups -OCH3 is 2. The van der Waals surface area contributed by atoms with Crippen LogP contribution in [0.25, 0.3) is 11.1 Å². The molecule has 2 rings (SSSR count). The van der Waals surface area contributed by atoms with E-state index in [-0.39, 0.29) is 10.3 Å². The van der Waals surface area contributed by atoms with Gasteiger partial charge in [0.05, 0.1) is 14.2 Å². The molecule has 0 aliphatic rings. The standard InChI is InChI=1S/C31H49O2P/c1-19(2)22-15-24(20(3)4)28(25(16-22)21(5)6)26-17-23(32-13)18-27(33-14)29(26)34(30(7,8)9)31(10,11)12/h15-21H,1-14H3. The molecule has 2 aromatic carbocycles. The van der Waals surface area contributed by atoms with Crippen LogP contribution in [-0.2, 0) is 0 Å². The lowest BCUT2D eigenvalue weighted by Crippen LogP contribution is -2.33. The fourth-order valence-electron chi connectivity index (χ4n) is 5.22. The third-order valence-corrected chi connectivity index (χ3v) is 10.1. The summed E-state index contributed by atoms with van der Waals surface area (Å²) in [5.74, 6) is 3.11. The van der Waals surface area contributed by atoms with Gasteiger partial charge in [-0.05, 0) is 61.9 Å². The molecule has 34 heavy (non-hydrogen) atoms. The Bertz CT molecular complexity index is 945. The maximum Gasteiger partial charge on any atom is 0.130 e. The van der Waals surface area contributed by atoms with E-state index < -0.39 is 7.92 Å². The van der Waals surface area contributed by atoms with Gasteiger partial charge in [0.15, 0.2) is 0 Å². The summed E-state index contributed by atoms with van der Waals surface area (Å²) < 4.78 is 11.9. The molecule has 2 aromatic rings. The van der Waals surface area contributed by atoms with Gasteiger partial charge in [-0.15, -0.1) is 0 Å². The van der Waals surface area contributed by atoms with Crippen LogP contribution in [0.15, 0.2) is 24.3 Å². The van der Waals surface area contributed by atoms with Crippen LogP contribution in [-0.4, -0.2) is 24.5 Å². The molecule has 190 valence electrons. The Kier molecular flexibility index (Phi) is 8.96. The quantitative estimate of drug-likeness (QED) is 0.364. The average Bonchev–Trinajstić information content (AvgIpc) is 2.70. The Balaban J connectivity index is 3.19. The maximum atomic E-state index is 6.12. The molecule has 0 aliphatic carbocycles. The first-order chi connectivity index (χ1) is 15.5. The smallest absolute Gasteiger partial charge is 0.130 e. The van der Waals surface area contributed by atoms with Crippen molar-refractivity contribution in [1.82, 2.24) is 0 Å². The first-order valence-corrected chi connectivity index (χ1v) is 14.1. The monoisotopic (exact) mass is 484 g/mol. The van der Waals surface area contributed by atoms with Crippen molar-refractivity contribution in [3.05, 3.63) is 41.0 Å². The van der Waals surface area contributed by atoms with E-state index in [9.17, 15) is 0 Å². The van der Waals surface area contributed by atoms with Gasteiger partial charge in [0.1, 0.15) is 11.5 Å². The summed E-state index contributed by atoms with van der Waals surface area (Å²) in [5.41, 5.74) is 6.92. The molecule has 0 aromatic heterocycles. The van der Waals surface area contributed by atoms with E-state index in [2.05, 4.69) is 107 Å². The van der Waals surface area contributed by atoms with Gasteiger partial charge in [-0.25, -0.2) is 0 Å².